The first kappa shape index (κ1) is 15.2. The van der Waals surface area contributed by atoms with E-state index in [1.807, 2.05) is 7.05 Å². The van der Waals surface area contributed by atoms with Crippen LogP contribution in [0.15, 0.2) is 0 Å². The molecule has 0 saturated heterocycles. The number of nitrogens with zero attached hydrogens (tertiary/aromatic N) is 3. The lowest BCUT2D eigenvalue weighted by atomic mass is 9.78. The molecule has 1 aromatic rings. The maximum Gasteiger partial charge on any atom is 0.305 e. The second-order valence-corrected chi connectivity index (χ2v) is 6.73. The second-order valence-electron chi connectivity index (χ2n) is 6.00. The Balaban J connectivity index is 2.24. The Labute approximate surface area is 124 Å². The molecule has 20 heavy (non-hydrogen) atoms. The molecule has 0 atom stereocenters. The summed E-state index contributed by atoms with van der Waals surface area (Å²) in [6.45, 7) is 4.14. The van der Waals surface area contributed by atoms with Crippen LogP contribution in [-0.2, 0) is 4.79 Å². The summed E-state index contributed by atoms with van der Waals surface area (Å²) in [5.74, 6) is 0.417. The molecule has 6 heteroatoms. The maximum atomic E-state index is 11.3. The van der Waals surface area contributed by atoms with Crippen LogP contribution < -0.4 is 4.90 Å². The van der Waals surface area contributed by atoms with Gasteiger partial charge in [-0.25, -0.2) is 4.98 Å². The third-order valence-electron chi connectivity index (χ3n) is 4.21. The maximum absolute atomic E-state index is 11.3. The van der Waals surface area contributed by atoms with Gasteiger partial charge in [0.2, 0.25) is 5.13 Å². The van der Waals surface area contributed by atoms with Gasteiger partial charge in [-0.05, 0) is 12.8 Å². The third kappa shape index (κ3) is 3.11. The van der Waals surface area contributed by atoms with E-state index in [-0.39, 0.29) is 12.0 Å². The highest BCUT2D eigenvalue weighted by Crippen LogP contribution is 2.39. The van der Waals surface area contributed by atoms with E-state index in [1.54, 1.807) is 0 Å². The Morgan fingerprint density at radius 2 is 2.05 bits per heavy atom. The van der Waals surface area contributed by atoms with Gasteiger partial charge in [-0.1, -0.05) is 33.1 Å². The first-order chi connectivity index (χ1) is 9.44. The quantitative estimate of drug-likeness (QED) is 0.903. The van der Waals surface area contributed by atoms with Gasteiger partial charge in [0.1, 0.15) is 5.82 Å². The van der Waals surface area contributed by atoms with Crippen molar-refractivity contribution in [3.05, 3.63) is 5.82 Å². The predicted octanol–water partition coefficient (Wildman–Crippen LogP) is 3.28. The topological polar surface area (TPSA) is 66.3 Å². The SMILES string of the molecule is CC(C)c1nsc(N(C)C2(CC(=O)O)CCCCC2)n1. The summed E-state index contributed by atoms with van der Waals surface area (Å²) < 4.78 is 4.38. The number of carbonyl (C=O) groups is 1. The third-order valence-corrected chi connectivity index (χ3v) is 5.02. The molecule has 0 spiro atoms. The summed E-state index contributed by atoms with van der Waals surface area (Å²) in [5, 5.41) is 10.1. The molecule has 0 amide bonds. The fourth-order valence-corrected chi connectivity index (χ4v) is 3.80. The van der Waals surface area contributed by atoms with Crippen molar-refractivity contribution in [3.63, 3.8) is 0 Å². The number of rotatable bonds is 5. The smallest absolute Gasteiger partial charge is 0.305 e. The van der Waals surface area contributed by atoms with E-state index in [2.05, 4.69) is 28.1 Å². The monoisotopic (exact) mass is 297 g/mol. The zero-order chi connectivity index (χ0) is 14.8. The lowest BCUT2D eigenvalue weighted by Crippen LogP contribution is -2.49. The first-order valence-electron chi connectivity index (χ1n) is 7.24. The van der Waals surface area contributed by atoms with Crippen LogP contribution in [0.1, 0.15) is 64.1 Å². The summed E-state index contributed by atoms with van der Waals surface area (Å²) in [7, 11) is 1.97. The Morgan fingerprint density at radius 3 is 2.55 bits per heavy atom. The van der Waals surface area contributed by atoms with Gasteiger partial charge in [-0.15, -0.1) is 0 Å². The molecular weight excluding hydrogens is 274 g/mol. The van der Waals surface area contributed by atoms with Crippen molar-refractivity contribution in [2.75, 3.05) is 11.9 Å². The van der Waals surface area contributed by atoms with E-state index in [9.17, 15) is 9.90 Å². The van der Waals surface area contributed by atoms with Crippen molar-refractivity contribution in [1.29, 1.82) is 0 Å². The number of aromatic nitrogens is 2. The van der Waals surface area contributed by atoms with Crippen LogP contribution >= 0.6 is 11.5 Å². The van der Waals surface area contributed by atoms with Crippen LogP contribution in [0.5, 0.6) is 0 Å². The fourth-order valence-electron chi connectivity index (χ4n) is 2.92. The average Bonchev–Trinajstić information content (AvgIpc) is 2.87. The number of carboxylic acid groups (broad SMARTS) is 1. The van der Waals surface area contributed by atoms with Gasteiger partial charge in [0.25, 0.3) is 0 Å². The summed E-state index contributed by atoms with van der Waals surface area (Å²) in [6.07, 6.45) is 5.41. The molecular formula is C14H23N3O2S. The number of carboxylic acids is 1. The second kappa shape index (κ2) is 6.08. The first-order valence-corrected chi connectivity index (χ1v) is 8.01. The lowest BCUT2D eigenvalue weighted by molar-refractivity contribution is -0.138. The van der Waals surface area contributed by atoms with Gasteiger partial charge in [-0.3, -0.25) is 4.79 Å². The van der Waals surface area contributed by atoms with Crippen LogP contribution in [0.3, 0.4) is 0 Å². The Bertz CT molecular complexity index is 467. The fraction of sp³-hybridized carbons (Fsp3) is 0.786. The van der Waals surface area contributed by atoms with Gasteiger partial charge in [0, 0.05) is 24.5 Å². The predicted molar refractivity (Wildman–Crippen MR) is 80.5 cm³/mol. The minimum atomic E-state index is -0.729. The molecule has 1 aliphatic carbocycles. The average molecular weight is 297 g/mol. The number of hydrogen-bond acceptors (Lipinski definition) is 5. The molecule has 0 radical (unpaired) electrons. The molecule has 0 aromatic carbocycles. The molecule has 112 valence electrons. The summed E-state index contributed by atoms with van der Waals surface area (Å²) in [4.78, 5) is 17.9. The van der Waals surface area contributed by atoms with Crippen molar-refractivity contribution < 1.29 is 9.90 Å². The van der Waals surface area contributed by atoms with Gasteiger partial charge >= 0.3 is 5.97 Å². The van der Waals surface area contributed by atoms with E-state index in [0.717, 1.165) is 36.6 Å². The molecule has 0 unspecified atom stereocenters. The van der Waals surface area contributed by atoms with E-state index >= 15 is 0 Å². The van der Waals surface area contributed by atoms with E-state index in [4.69, 9.17) is 0 Å². The van der Waals surface area contributed by atoms with Crippen molar-refractivity contribution in [3.8, 4) is 0 Å². The van der Waals surface area contributed by atoms with Crippen molar-refractivity contribution in [2.45, 2.75) is 63.8 Å². The Kier molecular flexibility index (Phi) is 4.62. The Hall–Kier alpha value is -1.17. The minimum Gasteiger partial charge on any atom is -0.481 e. The number of aliphatic carboxylic acids is 1. The van der Waals surface area contributed by atoms with Crippen molar-refractivity contribution in [1.82, 2.24) is 9.36 Å². The van der Waals surface area contributed by atoms with Crippen LogP contribution in [0, 0.1) is 0 Å². The van der Waals surface area contributed by atoms with E-state index in [1.165, 1.54) is 18.0 Å². The molecule has 1 fully saturated rings. The molecule has 1 aliphatic rings. The van der Waals surface area contributed by atoms with Gasteiger partial charge in [0.05, 0.1) is 12.0 Å². The molecule has 2 rings (SSSR count). The van der Waals surface area contributed by atoms with Crippen LogP contribution in [-0.4, -0.2) is 33.0 Å². The highest BCUT2D eigenvalue weighted by molar-refractivity contribution is 7.09. The van der Waals surface area contributed by atoms with Gasteiger partial charge < -0.3 is 10.0 Å². The van der Waals surface area contributed by atoms with Crippen molar-refractivity contribution in [2.24, 2.45) is 0 Å². The zero-order valence-electron chi connectivity index (χ0n) is 12.4. The molecule has 0 aliphatic heterocycles. The van der Waals surface area contributed by atoms with Gasteiger partial charge in [0.15, 0.2) is 0 Å². The zero-order valence-corrected chi connectivity index (χ0v) is 13.2. The summed E-state index contributed by atoms with van der Waals surface area (Å²) >= 11 is 1.38. The summed E-state index contributed by atoms with van der Waals surface area (Å²) in [5.41, 5.74) is -0.294. The largest absolute Gasteiger partial charge is 0.481 e. The highest BCUT2D eigenvalue weighted by Gasteiger charge is 2.39. The summed E-state index contributed by atoms with van der Waals surface area (Å²) in [6, 6.07) is 0. The van der Waals surface area contributed by atoms with Crippen molar-refractivity contribution >= 4 is 22.6 Å². The molecule has 1 heterocycles. The van der Waals surface area contributed by atoms with E-state index < -0.39 is 5.97 Å². The molecule has 1 saturated carbocycles. The molecule has 1 aromatic heterocycles. The highest BCUT2D eigenvalue weighted by atomic mass is 32.1. The van der Waals surface area contributed by atoms with Crippen LogP contribution in [0.4, 0.5) is 5.13 Å². The normalized spacial score (nSPS) is 18.2. The molecule has 0 bridgehead atoms. The van der Waals surface area contributed by atoms with Crippen LogP contribution in [0.2, 0.25) is 0 Å². The molecule has 5 nitrogen and oxygen atoms in total. The standard InChI is InChI=1S/C14H23N3O2S/c1-10(2)12-15-13(20-16-12)17(3)14(9-11(18)19)7-5-4-6-8-14/h10H,4-9H2,1-3H3,(H,18,19). The lowest BCUT2D eigenvalue weighted by Gasteiger charge is -2.43. The van der Waals surface area contributed by atoms with Gasteiger partial charge in [-0.2, -0.15) is 4.37 Å². The number of anilines is 1. The number of hydrogen-bond donors (Lipinski definition) is 1. The Morgan fingerprint density at radius 1 is 1.40 bits per heavy atom. The van der Waals surface area contributed by atoms with Crippen LogP contribution in [0.25, 0.3) is 0 Å². The van der Waals surface area contributed by atoms with E-state index in [0.29, 0.717) is 5.92 Å². The molecule has 1 N–H and O–H groups in total. The minimum absolute atomic E-state index is 0.181.